The van der Waals surface area contributed by atoms with E-state index in [1.165, 1.54) is 5.56 Å². The molecule has 0 bridgehead atoms. The Labute approximate surface area is 206 Å². The Kier molecular flexibility index (Phi) is 6.62. The van der Waals surface area contributed by atoms with Gasteiger partial charge in [0.2, 0.25) is 0 Å². The maximum absolute atomic E-state index is 9.73. The number of H-pyrrole nitrogens is 1. The van der Waals surface area contributed by atoms with Crippen molar-refractivity contribution in [3.8, 4) is 6.07 Å². The number of aromatic nitrogens is 2. The monoisotopic (exact) mass is 462 g/mol. The fourth-order valence-corrected chi connectivity index (χ4v) is 4.57. The highest BCUT2D eigenvalue weighted by Gasteiger charge is 2.14. The van der Waals surface area contributed by atoms with E-state index in [0.717, 1.165) is 71.7 Å². The van der Waals surface area contributed by atoms with E-state index in [0.29, 0.717) is 5.56 Å². The molecule has 176 valence electrons. The molecule has 0 radical (unpaired) electrons. The molecule has 1 fully saturated rings. The number of nitrogens with zero attached hydrogens (tertiary/aromatic N) is 4. The van der Waals surface area contributed by atoms with Crippen LogP contribution < -0.4 is 5.32 Å². The molecular formula is C29H30N6. The summed E-state index contributed by atoms with van der Waals surface area (Å²) < 4.78 is 0. The molecule has 0 saturated carbocycles. The lowest BCUT2D eigenvalue weighted by atomic mass is 10.1. The van der Waals surface area contributed by atoms with E-state index in [9.17, 15) is 5.26 Å². The van der Waals surface area contributed by atoms with Gasteiger partial charge in [0.15, 0.2) is 0 Å². The highest BCUT2D eigenvalue weighted by Crippen LogP contribution is 2.31. The third-order valence-electron chi connectivity index (χ3n) is 6.80. The van der Waals surface area contributed by atoms with Crippen LogP contribution in [0.3, 0.4) is 0 Å². The van der Waals surface area contributed by atoms with Crippen LogP contribution in [0.25, 0.3) is 23.1 Å². The minimum atomic E-state index is 0.517. The van der Waals surface area contributed by atoms with Crippen molar-refractivity contribution in [1.82, 2.24) is 19.8 Å². The summed E-state index contributed by atoms with van der Waals surface area (Å²) in [5.74, 6) is 0. The average Bonchev–Trinajstić information content (AvgIpc) is 3.37. The lowest BCUT2D eigenvalue weighted by Crippen LogP contribution is -2.43. The number of hydrogen-bond acceptors (Lipinski definition) is 5. The predicted molar refractivity (Wildman–Crippen MR) is 143 cm³/mol. The molecule has 3 heterocycles. The second-order valence-electron chi connectivity index (χ2n) is 9.22. The minimum Gasteiger partial charge on any atom is -0.361 e. The summed E-state index contributed by atoms with van der Waals surface area (Å²) >= 11 is 0. The van der Waals surface area contributed by atoms with Gasteiger partial charge < -0.3 is 15.2 Å². The normalized spacial score (nSPS) is 15.0. The van der Waals surface area contributed by atoms with E-state index in [1.807, 2.05) is 18.3 Å². The largest absolute Gasteiger partial charge is 0.361 e. The number of pyridine rings is 1. The van der Waals surface area contributed by atoms with Crippen LogP contribution in [0.2, 0.25) is 0 Å². The number of anilines is 2. The van der Waals surface area contributed by atoms with Crippen molar-refractivity contribution in [2.45, 2.75) is 13.5 Å². The number of rotatable bonds is 6. The first-order valence-corrected chi connectivity index (χ1v) is 12.0. The molecule has 2 aromatic carbocycles. The number of nitrogens with one attached hydrogen (secondary N) is 2. The quantitative estimate of drug-likeness (QED) is 0.401. The molecule has 0 aliphatic carbocycles. The van der Waals surface area contributed by atoms with Gasteiger partial charge in [-0.2, -0.15) is 5.26 Å². The summed E-state index contributed by atoms with van der Waals surface area (Å²) in [7, 11) is 2.18. The fraction of sp³-hybridized carbons (Fsp3) is 0.241. The van der Waals surface area contributed by atoms with Crippen LogP contribution in [0.5, 0.6) is 0 Å². The zero-order valence-electron chi connectivity index (χ0n) is 20.3. The Balaban J connectivity index is 1.35. The summed E-state index contributed by atoms with van der Waals surface area (Å²) in [6, 6.07) is 17.2. The Morgan fingerprint density at radius 1 is 1.03 bits per heavy atom. The smallest absolute Gasteiger partial charge is 0.103 e. The van der Waals surface area contributed by atoms with Crippen LogP contribution in [-0.4, -0.2) is 53.0 Å². The number of aromatic amines is 1. The molecule has 35 heavy (non-hydrogen) atoms. The molecule has 6 heteroatoms. The lowest BCUT2D eigenvalue weighted by Gasteiger charge is -2.32. The zero-order chi connectivity index (χ0) is 24.2. The van der Waals surface area contributed by atoms with Gasteiger partial charge in [0.1, 0.15) is 6.07 Å². The van der Waals surface area contributed by atoms with Crippen molar-refractivity contribution in [2.75, 3.05) is 38.5 Å². The minimum absolute atomic E-state index is 0.517. The van der Waals surface area contributed by atoms with Gasteiger partial charge >= 0.3 is 0 Å². The van der Waals surface area contributed by atoms with Gasteiger partial charge in [-0.15, -0.1) is 0 Å². The van der Waals surface area contributed by atoms with Gasteiger partial charge in [0.05, 0.1) is 11.3 Å². The Hall–Kier alpha value is -3.92. The second kappa shape index (κ2) is 10.1. The van der Waals surface area contributed by atoms with Gasteiger partial charge in [0.25, 0.3) is 0 Å². The molecule has 0 unspecified atom stereocenters. The summed E-state index contributed by atoms with van der Waals surface area (Å²) in [6.45, 7) is 7.58. The zero-order valence-corrected chi connectivity index (χ0v) is 20.3. The summed E-state index contributed by atoms with van der Waals surface area (Å²) in [5, 5.41) is 14.4. The number of likely N-dealkylation sites (N-methyl/N-ethyl adjacent to an activating group) is 1. The molecule has 0 atom stereocenters. The molecule has 2 N–H and O–H groups in total. The molecule has 2 aromatic heterocycles. The fourth-order valence-electron chi connectivity index (χ4n) is 4.57. The lowest BCUT2D eigenvalue weighted by molar-refractivity contribution is 0.148. The first kappa shape index (κ1) is 22.9. The molecule has 1 aliphatic rings. The predicted octanol–water partition coefficient (Wildman–Crippen LogP) is 5.40. The topological polar surface area (TPSA) is 71.0 Å². The molecule has 0 amide bonds. The van der Waals surface area contributed by atoms with Crippen LogP contribution in [0, 0.1) is 18.3 Å². The van der Waals surface area contributed by atoms with E-state index >= 15 is 0 Å². The SMILES string of the molecule is Cc1c(Nc2c(C#N)cncc2/C=C/c2ccc(CN3CCN(C)CC3)cc2)ccc2[nH]ccc12. The molecule has 1 saturated heterocycles. The number of aryl methyl sites for hydroxylation is 1. The van der Waals surface area contributed by atoms with E-state index in [-0.39, 0.29) is 0 Å². The third-order valence-corrected chi connectivity index (χ3v) is 6.80. The van der Waals surface area contributed by atoms with Crippen molar-refractivity contribution >= 4 is 34.4 Å². The van der Waals surface area contributed by atoms with Gasteiger partial charge in [0, 0.05) is 73.5 Å². The van der Waals surface area contributed by atoms with Gasteiger partial charge in [-0.3, -0.25) is 9.88 Å². The Bertz CT molecular complexity index is 1390. The Morgan fingerprint density at radius 3 is 2.60 bits per heavy atom. The Morgan fingerprint density at radius 2 is 1.83 bits per heavy atom. The molecule has 1 aliphatic heterocycles. The van der Waals surface area contributed by atoms with E-state index < -0.39 is 0 Å². The molecule has 4 aromatic rings. The van der Waals surface area contributed by atoms with E-state index in [1.54, 1.807) is 12.4 Å². The molecule has 6 nitrogen and oxygen atoms in total. The second-order valence-corrected chi connectivity index (χ2v) is 9.22. The van der Waals surface area contributed by atoms with Crippen LogP contribution >= 0.6 is 0 Å². The number of benzene rings is 2. The highest BCUT2D eigenvalue weighted by atomic mass is 15.2. The molecule has 5 rings (SSSR count). The van der Waals surface area contributed by atoms with Crippen molar-refractivity contribution in [1.29, 1.82) is 5.26 Å². The highest BCUT2D eigenvalue weighted by molar-refractivity contribution is 5.90. The van der Waals surface area contributed by atoms with Gasteiger partial charge in [-0.05, 0) is 48.9 Å². The maximum Gasteiger partial charge on any atom is 0.103 e. The van der Waals surface area contributed by atoms with E-state index in [4.69, 9.17) is 0 Å². The summed E-state index contributed by atoms with van der Waals surface area (Å²) in [6.07, 6.45) is 9.45. The summed E-state index contributed by atoms with van der Waals surface area (Å²) in [5.41, 5.74) is 7.81. The van der Waals surface area contributed by atoms with Gasteiger partial charge in [-0.1, -0.05) is 36.4 Å². The van der Waals surface area contributed by atoms with Crippen molar-refractivity contribution in [3.05, 3.63) is 88.9 Å². The van der Waals surface area contributed by atoms with Crippen LogP contribution in [0.1, 0.15) is 27.8 Å². The van der Waals surface area contributed by atoms with Crippen LogP contribution in [0.4, 0.5) is 11.4 Å². The summed E-state index contributed by atoms with van der Waals surface area (Å²) in [4.78, 5) is 12.4. The van der Waals surface area contributed by atoms with Crippen molar-refractivity contribution in [3.63, 3.8) is 0 Å². The van der Waals surface area contributed by atoms with Crippen molar-refractivity contribution in [2.24, 2.45) is 0 Å². The van der Waals surface area contributed by atoms with Crippen LogP contribution in [-0.2, 0) is 6.54 Å². The van der Waals surface area contributed by atoms with Crippen LogP contribution in [0.15, 0.2) is 61.1 Å². The number of nitriles is 1. The molecular weight excluding hydrogens is 432 g/mol. The first-order valence-electron chi connectivity index (χ1n) is 12.0. The van der Waals surface area contributed by atoms with Gasteiger partial charge in [-0.25, -0.2) is 0 Å². The maximum atomic E-state index is 9.73. The first-order chi connectivity index (χ1) is 17.1. The van der Waals surface area contributed by atoms with E-state index in [2.05, 4.69) is 87.6 Å². The average molecular weight is 463 g/mol. The number of piperazine rings is 1. The third kappa shape index (κ3) is 5.12. The molecule has 0 spiro atoms. The number of hydrogen-bond donors (Lipinski definition) is 2. The van der Waals surface area contributed by atoms with Crippen molar-refractivity contribution < 1.29 is 0 Å². The standard InChI is InChI=1S/C29H30N6/c1-21-26-11-12-32-28(26)10-9-27(21)33-29-24(18-31-19-25(29)17-30)8-7-22-3-5-23(6-4-22)20-35-15-13-34(2)14-16-35/h3-12,18-19,32H,13-16,20H2,1-2H3,(H,31,33)/b8-7+. The number of fused-ring (bicyclic) bond motifs is 1.